The molecule has 4 nitrogen and oxygen atoms in total. The van der Waals surface area contributed by atoms with E-state index in [0.717, 1.165) is 0 Å². The minimum atomic E-state index is -0.557. The average Bonchev–Trinajstić information content (AvgIpc) is 2.61. The zero-order chi connectivity index (χ0) is 16.8. The SMILES string of the molecule is COC(=O)CC(=O)[C@H](C)c1cccc(C(=O)c2ccccc2)c1. The maximum Gasteiger partial charge on any atom is 0.313 e. The molecule has 118 valence electrons. The molecule has 0 aromatic heterocycles. The zero-order valence-electron chi connectivity index (χ0n) is 13.1. The Morgan fingerprint density at radius 2 is 1.61 bits per heavy atom. The molecule has 1 atom stereocenters. The standard InChI is InChI=1S/C19H18O4/c1-13(17(20)12-18(21)23-2)15-9-6-10-16(11-15)19(22)14-7-4-3-5-8-14/h3-11,13H,12H2,1-2H3/t13-/m1/s1. The lowest BCUT2D eigenvalue weighted by Gasteiger charge is -2.11. The summed E-state index contributed by atoms with van der Waals surface area (Å²) in [6.07, 6.45) is -0.269. The molecule has 0 radical (unpaired) electrons. The lowest BCUT2D eigenvalue weighted by molar-refractivity contribution is -0.143. The van der Waals surface area contributed by atoms with E-state index in [9.17, 15) is 14.4 Å². The molecule has 0 bridgehead atoms. The van der Waals surface area contributed by atoms with E-state index in [0.29, 0.717) is 16.7 Å². The summed E-state index contributed by atoms with van der Waals surface area (Å²) in [6, 6.07) is 15.9. The molecule has 0 aliphatic rings. The molecule has 0 saturated heterocycles. The van der Waals surface area contributed by atoms with Gasteiger partial charge in [-0.3, -0.25) is 14.4 Å². The minimum Gasteiger partial charge on any atom is -0.469 e. The third kappa shape index (κ3) is 4.13. The maximum absolute atomic E-state index is 12.5. The number of carbonyl (C=O) groups excluding carboxylic acids is 3. The third-order valence-electron chi connectivity index (χ3n) is 3.71. The first kappa shape index (κ1) is 16.6. The highest BCUT2D eigenvalue weighted by Gasteiger charge is 2.20. The number of hydrogen-bond acceptors (Lipinski definition) is 4. The van der Waals surface area contributed by atoms with Gasteiger partial charge >= 0.3 is 5.97 Å². The first-order valence-corrected chi connectivity index (χ1v) is 7.32. The molecule has 0 amide bonds. The van der Waals surface area contributed by atoms with Crippen LogP contribution in [0.15, 0.2) is 54.6 Å². The van der Waals surface area contributed by atoms with E-state index in [4.69, 9.17) is 0 Å². The van der Waals surface area contributed by atoms with Crippen LogP contribution in [0, 0.1) is 0 Å². The van der Waals surface area contributed by atoms with Crippen molar-refractivity contribution in [3.05, 3.63) is 71.3 Å². The average molecular weight is 310 g/mol. The highest BCUT2D eigenvalue weighted by Crippen LogP contribution is 2.20. The highest BCUT2D eigenvalue weighted by atomic mass is 16.5. The summed E-state index contributed by atoms with van der Waals surface area (Å²) in [5.74, 6) is -1.36. The van der Waals surface area contributed by atoms with Gasteiger partial charge in [-0.2, -0.15) is 0 Å². The topological polar surface area (TPSA) is 60.4 Å². The fraction of sp³-hybridized carbons (Fsp3) is 0.211. The monoisotopic (exact) mass is 310 g/mol. The molecule has 2 aromatic rings. The van der Waals surface area contributed by atoms with Crippen molar-refractivity contribution in [1.82, 2.24) is 0 Å². The summed E-state index contributed by atoms with van der Waals surface area (Å²) in [7, 11) is 1.25. The summed E-state index contributed by atoms with van der Waals surface area (Å²) < 4.78 is 4.51. The molecule has 0 fully saturated rings. The van der Waals surface area contributed by atoms with Gasteiger partial charge in [-0.15, -0.1) is 0 Å². The van der Waals surface area contributed by atoms with Crippen molar-refractivity contribution in [3.63, 3.8) is 0 Å². The largest absolute Gasteiger partial charge is 0.469 e. The molecule has 0 N–H and O–H groups in total. The number of ketones is 2. The number of ether oxygens (including phenoxy) is 1. The number of benzene rings is 2. The molecule has 0 unspecified atom stereocenters. The molecule has 0 saturated carbocycles. The smallest absolute Gasteiger partial charge is 0.313 e. The van der Waals surface area contributed by atoms with Crippen molar-refractivity contribution in [2.45, 2.75) is 19.3 Å². The van der Waals surface area contributed by atoms with Gasteiger partial charge in [-0.05, 0) is 11.6 Å². The second kappa shape index (κ2) is 7.49. The number of hydrogen-bond donors (Lipinski definition) is 0. The summed E-state index contributed by atoms with van der Waals surface area (Å²) >= 11 is 0. The Bertz CT molecular complexity index is 719. The van der Waals surface area contributed by atoms with Crippen LogP contribution in [0.4, 0.5) is 0 Å². The predicted molar refractivity (Wildman–Crippen MR) is 86.4 cm³/mol. The number of carbonyl (C=O) groups is 3. The van der Waals surface area contributed by atoms with Crippen LogP contribution < -0.4 is 0 Å². The van der Waals surface area contributed by atoms with Crippen LogP contribution in [0.1, 0.15) is 40.7 Å². The number of Topliss-reactive ketones (excluding diaryl/α,β-unsaturated/α-hetero) is 1. The fourth-order valence-corrected chi connectivity index (χ4v) is 2.26. The summed E-state index contributed by atoms with van der Waals surface area (Å²) in [5.41, 5.74) is 1.82. The van der Waals surface area contributed by atoms with Crippen molar-refractivity contribution in [2.75, 3.05) is 7.11 Å². The Balaban J connectivity index is 2.21. The van der Waals surface area contributed by atoms with E-state index < -0.39 is 11.9 Å². The lowest BCUT2D eigenvalue weighted by atomic mass is 9.92. The quantitative estimate of drug-likeness (QED) is 0.467. The molecule has 23 heavy (non-hydrogen) atoms. The molecule has 0 heterocycles. The third-order valence-corrected chi connectivity index (χ3v) is 3.71. The van der Waals surface area contributed by atoms with E-state index in [1.165, 1.54) is 7.11 Å². The lowest BCUT2D eigenvalue weighted by Crippen LogP contribution is -2.15. The normalized spacial score (nSPS) is 11.6. The van der Waals surface area contributed by atoms with Gasteiger partial charge in [0.05, 0.1) is 7.11 Å². The summed E-state index contributed by atoms with van der Waals surface area (Å²) in [6.45, 7) is 1.72. The van der Waals surface area contributed by atoms with E-state index in [-0.39, 0.29) is 18.0 Å². The van der Waals surface area contributed by atoms with Gasteiger partial charge < -0.3 is 4.74 Å². The Hall–Kier alpha value is -2.75. The molecule has 0 aliphatic carbocycles. The molecule has 2 rings (SSSR count). The molecular formula is C19H18O4. The first-order chi connectivity index (χ1) is 11.0. The van der Waals surface area contributed by atoms with E-state index in [2.05, 4.69) is 4.74 Å². The second-order valence-corrected chi connectivity index (χ2v) is 5.26. The van der Waals surface area contributed by atoms with Gasteiger partial charge in [0.2, 0.25) is 0 Å². The van der Waals surface area contributed by atoms with E-state index in [1.807, 2.05) is 6.07 Å². The van der Waals surface area contributed by atoms with Crippen molar-refractivity contribution in [1.29, 1.82) is 0 Å². The van der Waals surface area contributed by atoms with Gasteiger partial charge in [-0.25, -0.2) is 0 Å². The van der Waals surface area contributed by atoms with Crippen LogP contribution in [0.5, 0.6) is 0 Å². The Morgan fingerprint density at radius 3 is 2.26 bits per heavy atom. The highest BCUT2D eigenvalue weighted by molar-refractivity contribution is 6.09. The van der Waals surface area contributed by atoms with Gasteiger partial charge in [0.25, 0.3) is 0 Å². The molecule has 2 aromatic carbocycles. The number of methoxy groups -OCH3 is 1. The van der Waals surface area contributed by atoms with Crippen LogP contribution in [0.3, 0.4) is 0 Å². The van der Waals surface area contributed by atoms with Crippen LogP contribution >= 0.6 is 0 Å². The van der Waals surface area contributed by atoms with Crippen LogP contribution in [0.25, 0.3) is 0 Å². The minimum absolute atomic E-state index is 0.0972. The Labute approximate surface area is 135 Å². The van der Waals surface area contributed by atoms with Crippen molar-refractivity contribution < 1.29 is 19.1 Å². The zero-order valence-corrected chi connectivity index (χ0v) is 13.1. The van der Waals surface area contributed by atoms with Crippen LogP contribution in [-0.2, 0) is 14.3 Å². The van der Waals surface area contributed by atoms with Crippen LogP contribution in [0.2, 0.25) is 0 Å². The maximum atomic E-state index is 12.5. The Morgan fingerprint density at radius 1 is 0.957 bits per heavy atom. The summed E-state index contributed by atoms with van der Waals surface area (Å²) in [4.78, 5) is 35.8. The number of rotatable bonds is 6. The molecule has 0 aliphatic heterocycles. The van der Waals surface area contributed by atoms with E-state index in [1.54, 1.807) is 55.5 Å². The summed E-state index contributed by atoms with van der Waals surface area (Å²) in [5, 5.41) is 0. The van der Waals surface area contributed by atoms with Crippen molar-refractivity contribution in [2.24, 2.45) is 0 Å². The van der Waals surface area contributed by atoms with Crippen molar-refractivity contribution >= 4 is 17.5 Å². The van der Waals surface area contributed by atoms with Gasteiger partial charge in [-0.1, -0.05) is 55.5 Å². The van der Waals surface area contributed by atoms with Gasteiger partial charge in [0.1, 0.15) is 6.42 Å². The van der Waals surface area contributed by atoms with Crippen LogP contribution in [-0.4, -0.2) is 24.6 Å². The first-order valence-electron chi connectivity index (χ1n) is 7.32. The second-order valence-electron chi connectivity index (χ2n) is 5.26. The Kier molecular flexibility index (Phi) is 5.41. The van der Waals surface area contributed by atoms with Gasteiger partial charge in [0, 0.05) is 17.0 Å². The van der Waals surface area contributed by atoms with E-state index >= 15 is 0 Å². The molecule has 4 heteroatoms. The predicted octanol–water partition coefficient (Wildman–Crippen LogP) is 3.15. The van der Waals surface area contributed by atoms with Crippen molar-refractivity contribution in [3.8, 4) is 0 Å². The number of esters is 1. The fourth-order valence-electron chi connectivity index (χ4n) is 2.26. The molecular weight excluding hydrogens is 292 g/mol. The molecule has 0 spiro atoms. The van der Waals surface area contributed by atoms with Gasteiger partial charge in [0.15, 0.2) is 11.6 Å².